The Bertz CT molecular complexity index is 1330. The molecule has 34 heavy (non-hydrogen) atoms. The van der Waals surface area contributed by atoms with Crippen molar-refractivity contribution in [3.8, 4) is 17.2 Å². The van der Waals surface area contributed by atoms with Crippen LogP contribution < -0.4 is 9.80 Å². The molecule has 2 fully saturated rings. The van der Waals surface area contributed by atoms with Crippen molar-refractivity contribution in [2.24, 2.45) is 0 Å². The highest BCUT2D eigenvalue weighted by molar-refractivity contribution is 7.81. The number of benzene rings is 1. The Balaban J connectivity index is 1.55. The first kappa shape index (κ1) is 22.0. The number of nitriles is 1. The Labute approximate surface area is 198 Å². The van der Waals surface area contributed by atoms with E-state index in [0.29, 0.717) is 18.5 Å². The zero-order chi connectivity index (χ0) is 24.1. The molecule has 1 saturated heterocycles. The van der Waals surface area contributed by atoms with Crippen molar-refractivity contribution in [3.05, 3.63) is 72.3 Å². The third kappa shape index (κ3) is 3.31. The first-order chi connectivity index (χ1) is 16.3. The van der Waals surface area contributed by atoms with Gasteiger partial charge in [-0.25, -0.2) is 4.98 Å². The number of nitrogens with zero attached hydrogens (tertiary/aromatic N) is 5. The topological polar surface area (TPSA) is 73.1 Å². The molecule has 3 aromatic rings. The average Bonchev–Trinajstić information content (AvgIpc) is 3.05. The third-order valence-corrected chi connectivity index (χ3v) is 6.62. The van der Waals surface area contributed by atoms with Gasteiger partial charge in [-0.1, -0.05) is 18.2 Å². The van der Waals surface area contributed by atoms with Crippen LogP contribution in [0.15, 0.2) is 61.1 Å². The summed E-state index contributed by atoms with van der Waals surface area (Å²) in [5, 5.41) is 9.12. The Kier molecular flexibility index (Phi) is 5.10. The fourth-order valence-electron chi connectivity index (χ4n) is 4.43. The standard InChI is InChI=1S/C24H16F3N5OS/c25-24(26,27)19-11-18(14-30-20(19)12-28)31-21(33)23(8-2-9-23)32(22(31)34)17-6-4-15(5-7-17)16-3-1-10-29-13-16/h1,3-7,10-11,13-14H,2,8-9H2. The highest BCUT2D eigenvalue weighted by Gasteiger charge is 2.59. The fraction of sp³-hybridized carbons (Fsp3) is 0.208. The number of aromatic nitrogens is 2. The van der Waals surface area contributed by atoms with Crippen molar-refractivity contribution >= 4 is 34.6 Å². The predicted octanol–water partition coefficient (Wildman–Crippen LogP) is 5.09. The SMILES string of the molecule is N#Cc1ncc(N2C(=O)C3(CCC3)N(c3ccc(-c4cccnc4)cc3)C2=S)cc1C(F)(F)F. The number of pyridine rings is 2. The second-order valence-corrected chi connectivity index (χ2v) is 8.50. The molecule has 1 amide bonds. The van der Waals surface area contributed by atoms with Crippen LogP contribution in [0.25, 0.3) is 11.1 Å². The molecule has 1 spiro atoms. The predicted molar refractivity (Wildman–Crippen MR) is 123 cm³/mol. The van der Waals surface area contributed by atoms with Crippen LogP contribution in [0.1, 0.15) is 30.5 Å². The summed E-state index contributed by atoms with van der Waals surface area (Å²) in [6.07, 6.45) is 1.57. The zero-order valence-electron chi connectivity index (χ0n) is 17.6. The number of anilines is 2. The van der Waals surface area contributed by atoms with Crippen LogP contribution in [-0.2, 0) is 11.0 Å². The van der Waals surface area contributed by atoms with Crippen molar-refractivity contribution in [2.75, 3.05) is 9.80 Å². The highest BCUT2D eigenvalue weighted by Crippen LogP contribution is 2.48. The van der Waals surface area contributed by atoms with Gasteiger partial charge in [0.25, 0.3) is 5.91 Å². The van der Waals surface area contributed by atoms with E-state index in [2.05, 4.69) is 9.97 Å². The molecule has 5 rings (SSSR count). The normalized spacial score (nSPS) is 17.1. The minimum absolute atomic E-state index is 0.0819. The van der Waals surface area contributed by atoms with Crippen molar-refractivity contribution in [1.82, 2.24) is 9.97 Å². The number of hydrogen-bond acceptors (Lipinski definition) is 5. The van der Waals surface area contributed by atoms with Gasteiger partial charge in [-0.2, -0.15) is 18.4 Å². The lowest BCUT2D eigenvalue weighted by molar-refractivity contribution is -0.138. The second kappa shape index (κ2) is 7.88. The van der Waals surface area contributed by atoms with Crippen LogP contribution >= 0.6 is 12.2 Å². The summed E-state index contributed by atoms with van der Waals surface area (Å²) >= 11 is 5.62. The Morgan fingerprint density at radius 1 is 1.06 bits per heavy atom. The summed E-state index contributed by atoms with van der Waals surface area (Å²) in [6, 6.07) is 13.4. The molecule has 0 radical (unpaired) electrons. The number of thiocarbonyl (C=S) groups is 1. The molecule has 3 heterocycles. The summed E-state index contributed by atoms with van der Waals surface area (Å²) in [5.74, 6) is -0.389. The molecule has 2 aliphatic rings. The molecule has 0 bridgehead atoms. The maximum absolute atomic E-state index is 13.5. The summed E-state index contributed by atoms with van der Waals surface area (Å²) in [5.41, 5.74) is -0.483. The highest BCUT2D eigenvalue weighted by atomic mass is 32.1. The van der Waals surface area contributed by atoms with Crippen molar-refractivity contribution < 1.29 is 18.0 Å². The van der Waals surface area contributed by atoms with Gasteiger partial charge in [0.05, 0.1) is 17.4 Å². The number of alkyl halides is 3. The maximum Gasteiger partial charge on any atom is 0.419 e. The van der Waals surface area contributed by atoms with Gasteiger partial charge in [0, 0.05) is 18.1 Å². The largest absolute Gasteiger partial charge is 0.419 e. The van der Waals surface area contributed by atoms with Gasteiger partial charge in [0.1, 0.15) is 11.6 Å². The molecule has 6 nitrogen and oxygen atoms in total. The van der Waals surface area contributed by atoms with Crippen molar-refractivity contribution in [1.29, 1.82) is 5.26 Å². The number of hydrogen-bond donors (Lipinski definition) is 0. The molecule has 0 unspecified atom stereocenters. The molecule has 1 aromatic carbocycles. The third-order valence-electron chi connectivity index (χ3n) is 6.26. The summed E-state index contributed by atoms with van der Waals surface area (Å²) in [7, 11) is 0. The van der Waals surface area contributed by atoms with E-state index in [9.17, 15) is 18.0 Å². The summed E-state index contributed by atoms with van der Waals surface area (Å²) in [4.78, 5) is 24.1. The lowest BCUT2D eigenvalue weighted by atomic mass is 9.75. The number of carbonyl (C=O) groups excluding carboxylic acids is 1. The van der Waals surface area contributed by atoms with Crippen LogP contribution in [0, 0.1) is 11.3 Å². The lowest BCUT2D eigenvalue weighted by Gasteiger charge is -2.43. The van der Waals surface area contributed by atoms with Gasteiger partial charge in [0.2, 0.25) is 0 Å². The molecule has 170 valence electrons. The molecule has 10 heteroatoms. The van der Waals surface area contributed by atoms with Gasteiger partial charge < -0.3 is 4.90 Å². The van der Waals surface area contributed by atoms with E-state index < -0.39 is 23.0 Å². The lowest BCUT2D eigenvalue weighted by Crippen LogP contribution is -2.55. The van der Waals surface area contributed by atoms with Gasteiger partial charge in [-0.05, 0) is 66.9 Å². The fourth-order valence-corrected chi connectivity index (χ4v) is 4.89. The van der Waals surface area contributed by atoms with E-state index in [0.717, 1.165) is 34.7 Å². The van der Waals surface area contributed by atoms with E-state index >= 15 is 0 Å². The summed E-state index contributed by atoms with van der Waals surface area (Å²) < 4.78 is 40.5. The first-order valence-corrected chi connectivity index (χ1v) is 10.8. The minimum atomic E-state index is -4.80. The number of carbonyl (C=O) groups is 1. The smallest absolute Gasteiger partial charge is 0.303 e. The molecular weight excluding hydrogens is 463 g/mol. The van der Waals surface area contributed by atoms with Crippen molar-refractivity contribution in [2.45, 2.75) is 31.0 Å². The monoisotopic (exact) mass is 479 g/mol. The molecule has 0 atom stereocenters. The van der Waals surface area contributed by atoms with Gasteiger partial charge >= 0.3 is 6.18 Å². The van der Waals surface area contributed by atoms with Crippen LogP contribution in [0.2, 0.25) is 0 Å². The van der Waals surface area contributed by atoms with Crippen LogP contribution in [0.4, 0.5) is 24.5 Å². The number of rotatable bonds is 3. The first-order valence-electron chi connectivity index (χ1n) is 10.4. The van der Waals surface area contributed by atoms with Gasteiger partial charge in [-0.15, -0.1) is 0 Å². The number of amides is 1. The Hall–Kier alpha value is -3.84. The average molecular weight is 479 g/mol. The zero-order valence-corrected chi connectivity index (χ0v) is 18.4. The maximum atomic E-state index is 13.5. The van der Waals surface area contributed by atoms with Crippen LogP contribution in [0.3, 0.4) is 0 Å². The Morgan fingerprint density at radius 3 is 2.35 bits per heavy atom. The molecule has 1 aliphatic carbocycles. The van der Waals surface area contributed by atoms with Crippen LogP contribution in [0.5, 0.6) is 0 Å². The van der Waals surface area contributed by atoms with E-state index in [1.165, 1.54) is 6.07 Å². The second-order valence-electron chi connectivity index (χ2n) is 8.13. The van der Waals surface area contributed by atoms with Gasteiger partial charge in [0.15, 0.2) is 10.8 Å². The summed E-state index contributed by atoms with van der Waals surface area (Å²) in [6.45, 7) is 0. The minimum Gasteiger partial charge on any atom is -0.303 e. The van der Waals surface area contributed by atoms with E-state index in [1.807, 2.05) is 36.4 Å². The molecule has 0 N–H and O–H groups in total. The van der Waals surface area contributed by atoms with E-state index in [1.54, 1.807) is 17.3 Å². The molecule has 1 saturated carbocycles. The van der Waals surface area contributed by atoms with Gasteiger partial charge in [-0.3, -0.25) is 14.7 Å². The van der Waals surface area contributed by atoms with Crippen molar-refractivity contribution in [3.63, 3.8) is 0 Å². The Morgan fingerprint density at radius 2 is 1.79 bits per heavy atom. The van der Waals surface area contributed by atoms with Crippen LogP contribution in [-0.4, -0.2) is 26.5 Å². The molecule has 2 aromatic heterocycles. The van der Waals surface area contributed by atoms with E-state index in [-0.39, 0.29) is 16.7 Å². The quantitative estimate of drug-likeness (QED) is 0.487. The molecular formula is C24H16F3N5OS. The van der Waals surface area contributed by atoms with E-state index in [4.69, 9.17) is 17.5 Å². The number of halogens is 3. The molecule has 1 aliphatic heterocycles.